The van der Waals surface area contributed by atoms with E-state index in [1.807, 2.05) is 21.5 Å². The van der Waals surface area contributed by atoms with Crippen LogP contribution in [0.4, 0.5) is 27.8 Å². The first-order valence-electron chi connectivity index (χ1n) is 20.5. The molecule has 0 saturated heterocycles. The molecule has 2 saturated carbocycles. The van der Waals surface area contributed by atoms with Gasteiger partial charge in [0.1, 0.15) is 25.7 Å². The van der Waals surface area contributed by atoms with Gasteiger partial charge in [-0.25, -0.2) is 14.2 Å². The van der Waals surface area contributed by atoms with Gasteiger partial charge in [0.25, 0.3) is 0 Å². The standard InChI is InChI=1S/C41H62N8O7Si2/c1-46-25-31(11-15-39(46)50)42-37-23-35(48(44-37)27-53-17-19-57(3,4)5)29-9-13-33(21-29)55-41(52)56-34-14-10-30(22-34)36-24-38(43-32-12-16-40(51)47(2)26-32)45-49(36)28-54-18-20-58(6,7)8/h11-12,15-16,23-26,29-30,33-34H,9-10,13-14,17-22,27-28H2,1-8H3,(H,42,44)(H,43,45)/t29-,30-,33?,34?/m0/s1. The number of nitrogens with one attached hydrogen (secondary N) is 2. The highest BCUT2D eigenvalue weighted by Gasteiger charge is 2.35. The third-order valence-corrected chi connectivity index (χ3v) is 14.3. The number of aromatic nitrogens is 6. The Morgan fingerprint density at radius 2 is 1.09 bits per heavy atom. The Morgan fingerprint density at radius 1 is 0.672 bits per heavy atom. The van der Waals surface area contributed by atoms with Crippen molar-refractivity contribution in [3.8, 4) is 0 Å². The van der Waals surface area contributed by atoms with Crippen molar-refractivity contribution in [2.45, 2.75) is 127 Å². The Bertz CT molecular complexity index is 1990. The minimum absolute atomic E-state index is 0.0842. The number of aryl methyl sites for hydroxylation is 2. The average molecular weight is 835 g/mol. The van der Waals surface area contributed by atoms with Gasteiger partial charge >= 0.3 is 6.16 Å². The van der Waals surface area contributed by atoms with Gasteiger partial charge in [0, 0.05) is 103 Å². The third-order valence-electron chi connectivity index (χ3n) is 10.9. The maximum Gasteiger partial charge on any atom is 0.508 e. The van der Waals surface area contributed by atoms with Crippen LogP contribution < -0.4 is 21.8 Å². The van der Waals surface area contributed by atoms with Crippen molar-refractivity contribution in [2.75, 3.05) is 23.8 Å². The zero-order chi connectivity index (χ0) is 41.6. The number of carbonyl (C=O) groups excluding carboxylic acids is 1. The second-order valence-corrected chi connectivity index (χ2v) is 29.6. The predicted molar refractivity (Wildman–Crippen MR) is 231 cm³/mol. The second kappa shape index (κ2) is 18.6. The van der Waals surface area contributed by atoms with Gasteiger partial charge in [0.05, 0.1) is 11.4 Å². The quantitative estimate of drug-likeness (QED) is 0.0575. The molecule has 2 aliphatic rings. The molecule has 0 aromatic carbocycles. The van der Waals surface area contributed by atoms with Crippen LogP contribution in [0.3, 0.4) is 0 Å². The maximum atomic E-state index is 13.2. The van der Waals surface area contributed by atoms with Gasteiger partial charge in [-0.3, -0.25) is 9.59 Å². The maximum absolute atomic E-state index is 13.2. The average Bonchev–Trinajstić information content (AvgIpc) is 3.95. The van der Waals surface area contributed by atoms with Crippen LogP contribution in [0.1, 0.15) is 61.7 Å². The first kappa shape index (κ1) is 43.1. The minimum atomic E-state index is -1.25. The number of ether oxygens (including phenoxy) is 4. The van der Waals surface area contributed by atoms with Crippen LogP contribution in [0.15, 0.2) is 58.4 Å². The lowest BCUT2D eigenvalue weighted by Gasteiger charge is -2.18. The predicted octanol–water partition coefficient (Wildman–Crippen LogP) is 7.71. The number of pyridine rings is 2. The molecular weight excluding hydrogens is 773 g/mol. The summed E-state index contributed by atoms with van der Waals surface area (Å²) < 4.78 is 31.0. The van der Waals surface area contributed by atoms with Crippen LogP contribution in [0.5, 0.6) is 0 Å². The van der Waals surface area contributed by atoms with E-state index in [4.69, 9.17) is 29.1 Å². The van der Waals surface area contributed by atoms with Gasteiger partial charge in [0.2, 0.25) is 11.1 Å². The van der Waals surface area contributed by atoms with Crippen molar-refractivity contribution in [3.63, 3.8) is 0 Å². The SMILES string of the molecule is Cn1cc(Nc2cc([C@H]3CCC(OC(=O)OC4CC[C@H](c5cc(Nc6ccc(=O)n(C)c6)nn5COCC[Si](C)(C)C)C4)C3)n(COCC[Si](C)(C)C)n2)ccc1=O. The Balaban J connectivity index is 1.06. The summed E-state index contributed by atoms with van der Waals surface area (Å²) in [6.45, 7) is 16.0. The van der Waals surface area contributed by atoms with Crippen LogP contribution in [0, 0.1) is 0 Å². The molecule has 316 valence electrons. The molecule has 6 rings (SSSR count). The van der Waals surface area contributed by atoms with E-state index in [0.717, 1.165) is 60.5 Å². The highest BCUT2D eigenvalue weighted by atomic mass is 28.3. The van der Waals surface area contributed by atoms with Crippen LogP contribution in [0.25, 0.3) is 0 Å². The lowest BCUT2D eigenvalue weighted by molar-refractivity contribution is 0.00109. The van der Waals surface area contributed by atoms with Crippen molar-refractivity contribution in [1.82, 2.24) is 28.7 Å². The van der Waals surface area contributed by atoms with Crippen molar-refractivity contribution >= 4 is 45.3 Å². The molecule has 17 heteroatoms. The van der Waals surface area contributed by atoms with E-state index in [-0.39, 0.29) is 35.2 Å². The van der Waals surface area contributed by atoms with Gasteiger partial charge in [-0.05, 0) is 62.7 Å². The Hall–Kier alpha value is -4.46. The van der Waals surface area contributed by atoms with E-state index in [2.05, 4.69) is 49.9 Å². The lowest BCUT2D eigenvalue weighted by Crippen LogP contribution is -2.22. The highest BCUT2D eigenvalue weighted by Crippen LogP contribution is 2.40. The summed E-state index contributed by atoms with van der Waals surface area (Å²) in [6.07, 6.45) is 6.75. The lowest BCUT2D eigenvalue weighted by atomic mass is 10.0. The van der Waals surface area contributed by atoms with Crippen LogP contribution in [-0.4, -0.2) is 76.4 Å². The summed E-state index contributed by atoms with van der Waals surface area (Å²) in [5.74, 6) is 1.57. The zero-order valence-electron chi connectivity index (χ0n) is 35.5. The third kappa shape index (κ3) is 12.3. The fraction of sp³-hybridized carbons (Fsp3) is 0.585. The number of carbonyl (C=O) groups is 1. The molecule has 4 aromatic heterocycles. The first-order chi connectivity index (χ1) is 27.5. The molecular formula is C41H62N8O7Si2. The molecule has 0 spiro atoms. The molecule has 2 unspecified atom stereocenters. The van der Waals surface area contributed by atoms with Gasteiger partial charge in [-0.1, -0.05) is 39.3 Å². The highest BCUT2D eigenvalue weighted by molar-refractivity contribution is 6.76. The minimum Gasteiger partial charge on any atom is -0.431 e. The summed E-state index contributed by atoms with van der Waals surface area (Å²) in [5, 5.41) is 16.3. The van der Waals surface area contributed by atoms with Crippen LogP contribution in [-0.2, 0) is 46.5 Å². The molecule has 0 bridgehead atoms. The largest absolute Gasteiger partial charge is 0.508 e. The fourth-order valence-electron chi connectivity index (χ4n) is 7.47. The van der Waals surface area contributed by atoms with Gasteiger partial charge in [-0.15, -0.1) is 0 Å². The molecule has 4 aromatic rings. The molecule has 0 radical (unpaired) electrons. The van der Waals surface area contributed by atoms with Gasteiger partial charge in [0.15, 0.2) is 11.6 Å². The summed E-state index contributed by atoms with van der Waals surface area (Å²) in [5.41, 5.74) is 3.39. The van der Waals surface area contributed by atoms with E-state index in [0.29, 0.717) is 51.2 Å². The molecule has 0 aliphatic heterocycles. The van der Waals surface area contributed by atoms with Crippen LogP contribution >= 0.6 is 0 Å². The molecule has 15 nitrogen and oxygen atoms in total. The van der Waals surface area contributed by atoms with E-state index in [1.165, 1.54) is 21.3 Å². The number of hydrogen-bond donors (Lipinski definition) is 2. The number of rotatable bonds is 18. The molecule has 2 aliphatic carbocycles. The molecule has 0 amide bonds. The monoisotopic (exact) mass is 834 g/mol. The number of nitrogens with zero attached hydrogens (tertiary/aromatic N) is 6. The van der Waals surface area contributed by atoms with E-state index >= 15 is 0 Å². The van der Waals surface area contributed by atoms with E-state index in [9.17, 15) is 14.4 Å². The Morgan fingerprint density at radius 3 is 1.47 bits per heavy atom. The fourth-order valence-corrected chi connectivity index (χ4v) is 8.98. The van der Waals surface area contributed by atoms with Crippen molar-refractivity contribution in [3.05, 3.63) is 80.9 Å². The second-order valence-electron chi connectivity index (χ2n) is 18.3. The molecule has 2 fully saturated rings. The number of hydrogen-bond acceptors (Lipinski definition) is 11. The number of anilines is 4. The van der Waals surface area contributed by atoms with E-state index in [1.54, 1.807) is 38.6 Å². The normalized spacial score (nSPS) is 19.7. The zero-order valence-corrected chi connectivity index (χ0v) is 37.5. The van der Waals surface area contributed by atoms with Crippen molar-refractivity contribution < 1.29 is 23.7 Å². The van der Waals surface area contributed by atoms with Crippen LogP contribution in [0.2, 0.25) is 51.4 Å². The van der Waals surface area contributed by atoms with Crippen molar-refractivity contribution in [2.24, 2.45) is 14.1 Å². The molecule has 2 N–H and O–H groups in total. The Kier molecular flexibility index (Phi) is 13.9. The Labute approximate surface area is 343 Å². The topological polar surface area (TPSA) is 158 Å². The van der Waals surface area contributed by atoms with Gasteiger partial charge in [-0.2, -0.15) is 10.2 Å². The summed E-state index contributed by atoms with van der Waals surface area (Å²) >= 11 is 0. The molecule has 4 atom stereocenters. The molecule has 4 heterocycles. The van der Waals surface area contributed by atoms with Gasteiger partial charge < -0.3 is 38.7 Å². The summed E-state index contributed by atoms with van der Waals surface area (Å²) in [7, 11) is 0.925. The van der Waals surface area contributed by atoms with E-state index < -0.39 is 22.3 Å². The molecule has 58 heavy (non-hydrogen) atoms. The summed E-state index contributed by atoms with van der Waals surface area (Å²) in [6, 6.07) is 12.7. The summed E-state index contributed by atoms with van der Waals surface area (Å²) in [4.78, 5) is 37.1. The first-order valence-corrected chi connectivity index (χ1v) is 27.9. The smallest absolute Gasteiger partial charge is 0.431 e. The van der Waals surface area contributed by atoms with Crippen molar-refractivity contribution in [1.29, 1.82) is 0 Å².